The van der Waals surface area contributed by atoms with Crippen LogP contribution in [0.15, 0.2) is 65.6 Å². The van der Waals surface area contributed by atoms with E-state index >= 15 is 0 Å². The third-order valence-corrected chi connectivity index (χ3v) is 5.80. The van der Waals surface area contributed by atoms with Crippen molar-refractivity contribution in [2.45, 2.75) is 4.90 Å². The highest BCUT2D eigenvalue weighted by atomic mass is 32.2. The zero-order valence-corrected chi connectivity index (χ0v) is 18.1. The van der Waals surface area contributed by atoms with E-state index < -0.39 is 15.8 Å². The summed E-state index contributed by atoms with van der Waals surface area (Å²) in [6, 6.07) is 15.3. The molecule has 3 rings (SSSR count). The van der Waals surface area contributed by atoms with Crippen LogP contribution in [0.5, 0.6) is 17.2 Å². The number of hydrogen-bond donors (Lipinski definition) is 1. The Balaban J connectivity index is 1.77. The first-order valence-electron chi connectivity index (χ1n) is 9.23. The number of ether oxygens (including phenoxy) is 3. The van der Waals surface area contributed by atoms with Gasteiger partial charge in [0.2, 0.25) is 5.75 Å². The van der Waals surface area contributed by atoms with Gasteiger partial charge >= 0.3 is 0 Å². The third-order valence-electron chi connectivity index (χ3n) is 4.42. The summed E-state index contributed by atoms with van der Waals surface area (Å²) >= 11 is 0. The summed E-state index contributed by atoms with van der Waals surface area (Å²) in [6.07, 6.45) is 3.74. The van der Waals surface area contributed by atoms with Gasteiger partial charge in [0.15, 0.2) is 11.5 Å². The molecule has 8 heteroatoms. The number of nitrogens with one attached hydrogen (secondary N) is 1. The Hall–Kier alpha value is -3.52. The molecule has 3 aromatic rings. The van der Waals surface area contributed by atoms with Crippen LogP contribution in [0.25, 0.3) is 12.2 Å². The second-order valence-corrected chi connectivity index (χ2v) is 8.16. The van der Waals surface area contributed by atoms with E-state index in [-0.39, 0.29) is 4.90 Å². The van der Waals surface area contributed by atoms with E-state index in [2.05, 4.69) is 4.72 Å². The van der Waals surface area contributed by atoms with E-state index in [1.165, 1.54) is 18.2 Å². The number of anilines is 1. The molecule has 0 bridgehead atoms. The molecular weight excluding hydrogens is 421 g/mol. The topological polar surface area (TPSA) is 73.9 Å². The maximum Gasteiger partial charge on any atom is 0.261 e. The highest BCUT2D eigenvalue weighted by Gasteiger charge is 2.15. The largest absolute Gasteiger partial charge is 0.493 e. The molecule has 0 aromatic heterocycles. The molecule has 3 aromatic carbocycles. The Morgan fingerprint density at radius 2 is 1.42 bits per heavy atom. The fourth-order valence-electron chi connectivity index (χ4n) is 2.90. The quantitative estimate of drug-likeness (QED) is 0.505. The molecule has 0 saturated heterocycles. The summed E-state index contributed by atoms with van der Waals surface area (Å²) < 4.78 is 56.6. The fraction of sp³-hybridized carbons (Fsp3) is 0.130. The van der Waals surface area contributed by atoms with E-state index in [0.717, 1.165) is 17.2 Å². The van der Waals surface area contributed by atoms with Crippen molar-refractivity contribution < 1.29 is 27.0 Å². The van der Waals surface area contributed by atoms with Crippen LogP contribution in [-0.4, -0.2) is 29.7 Å². The van der Waals surface area contributed by atoms with Gasteiger partial charge in [-0.05, 0) is 53.6 Å². The number of benzene rings is 3. The molecule has 0 fully saturated rings. The maximum absolute atomic E-state index is 13.3. The average molecular weight is 443 g/mol. The molecule has 0 atom stereocenters. The van der Waals surface area contributed by atoms with Crippen molar-refractivity contribution in [2.24, 2.45) is 0 Å². The molecule has 0 spiro atoms. The second kappa shape index (κ2) is 9.53. The van der Waals surface area contributed by atoms with E-state index in [0.29, 0.717) is 22.9 Å². The summed E-state index contributed by atoms with van der Waals surface area (Å²) in [5, 5.41) is 0. The van der Waals surface area contributed by atoms with Gasteiger partial charge in [0.25, 0.3) is 10.0 Å². The Bertz CT molecular complexity index is 1170. The van der Waals surface area contributed by atoms with Gasteiger partial charge in [0.1, 0.15) is 5.82 Å². The van der Waals surface area contributed by atoms with Gasteiger partial charge in [-0.3, -0.25) is 4.72 Å². The number of sulfonamides is 1. The lowest BCUT2D eigenvalue weighted by Gasteiger charge is -2.12. The van der Waals surface area contributed by atoms with Crippen LogP contribution in [0, 0.1) is 5.82 Å². The number of hydrogen-bond acceptors (Lipinski definition) is 5. The molecule has 1 N–H and O–H groups in total. The van der Waals surface area contributed by atoms with Crippen molar-refractivity contribution in [3.63, 3.8) is 0 Å². The summed E-state index contributed by atoms with van der Waals surface area (Å²) in [6.45, 7) is 0. The van der Waals surface area contributed by atoms with Crippen LogP contribution in [0.1, 0.15) is 11.1 Å². The van der Waals surface area contributed by atoms with Gasteiger partial charge in [-0.2, -0.15) is 0 Å². The zero-order chi connectivity index (χ0) is 22.4. The Morgan fingerprint density at radius 3 is 1.97 bits per heavy atom. The van der Waals surface area contributed by atoms with Crippen molar-refractivity contribution in [3.8, 4) is 17.2 Å². The van der Waals surface area contributed by atoms with E-state index in [1.54, 1.807) is 45.6 Å². The zero-order valence-electron chi connectivity index (χ0n) is 17.3. The minimum atomic E-state index is -3.87. The average Bonchev–Trinajstić information content (AvgIpc) is 2.77. The predicted molar refractivity (Wildman–Crippen MR) is 119 cm³/mol. The molecule has 0 aliphatic heterocycles. The molecule has 162 valence electrons. The molecule has 31 heavy (non-hydrogen) atoms. The number of methoxy groups -OCH3 is 3. The van der Waals surface area contributed by atoms with Gasteiger partial charge in [-0.15, -0.1) is 0 Å². The summed E-state index contributed by atoms with van der Waals surface area (Å²) in [4.78, 5) is -0.140. The standard InChI is InChI=1S/C23H22FNO5S/c1-28-21-13-17(14-22(29-2)23(21)30-3)8-7-16-9-11-19(12-10-16)25-31(26,27)20-6-4-5-18(24)15-20/h4-15,25H,1-3H3/b8-7-. The molecule has 0 radical (unpaired) electrons. The molecular formula is C23H22FNO5S. The third kappa shape index (κ3) is 5.35. The summed E-state index contributed by atoms with van der Waals surface area (Å²) in [5.74, 6) is 0.986. The normalized spacial score (nSPS) is 11.4. The van der Waals surface area contributed by atoms with Crippen molar-refractivity contribution >= 4 is 27.9 Å². The summed E-state index contributed by atoms with van der Waals surface area (Å²) in [5.41, 5.74) is 2.06. The Kier molecular flexibility index (Phi) is 6.81. The van der Waals surface area contributed by atoms with E-state index in [9.17, 15) is 12.8 Å². The van der Waals surface area contributed by atoms with Crippen molar-refractivity contribution in [3.05, 3.63) is 77.6 Å². The van der Waals surface area contributed by atoms with Crippen LogP contribution in [-0.2, 0) is 10.0 Å². The molecule has 0 heterocycles. The van der Waals surface area contributed by atoms with Crippen LogP contribution in [0.3, 0.4) is 0 Å². The van der Waals surface area contributed by atoms with Gasteiger partial charge in [-0.1, -0.05) is 30.4 Å². The molecule has 0 aliphatic carbocycles. The van der Waals surface area contributed by atoms with Crippen molar-refractivity contribution in [1.82, 2.24) is 0 Å². The van der Waals surface area contributed by atoms with Crippen LogP contribution in [0.2, 0.25) is 0 Å². The minimum absolute atomic E-state index is 0.140. The minimum Gasteiger partial charge on any atom is -0.493 e. The van der Waals surface area contributed by atoms with Crippen molar-refractivity contribution in [1.29, 1.82) is 0 Å². The van der Waals surface area contributed by atoms with Crippen LogP contribution < -0.4 is 18.9 Å². The lowest BCUT2D eigenvalue weighted by Crippen LogP contribution is -2.13. The highest BCUT2D eigenvalue weighted by molar-refractivity contribution is 7.92. The predicted octanol–water partition coefficient (Wildman–Crippen LogP) is 4.82. The molecule has 0 unspecified atom stereocenters. The molecule has 0 saturated carbocycles. The maximum atomic E-state index is 13.3. The van der Waals surface area contributed by atoms with Crippen LogP contribution >= 0.6 is 0 Å². The number of rotatable bonds is 8. The highest BCUT2D eigenvalue weighted by Crippen LogP contribution is 2.38. The lowest BCUT2D eigenvalue weighted by atomic mass is 10.1. The SMILES string of the molecule is COc1cc(/C=C\c2ccc(NS(=O)(=O)c3cccc(F)c3)cc2)cc(OC)c1OC. The molecule has 0 aliphatic rings. The summed E-state index contributed by atoms with van der Waals surface area (Å²) in [7, 11) is 0.768. The first-order chi connectivity index (χ1) is 14.9. The van der Waals surface area contributed by atoms with Gasteiger partial charge in [-0.25, -0.2) is 12.8 Å². The second-order valence-electron chi connectivity index (χ2n) is 6.48. The molecule has 6 nitrogen and oxygen atoms in total. The molecule has 0 amide bonds. The fourth-order valence-corrected chi connectivity index (χ4v) is 3.99. The Labute approximate surface area is 180 Å². The first kappa shape index (κ1) is 22.2. The van der Waals surface area contributed by atoms with E-state index in [1.807, 2.05) is 24.3 Å². The van der Waals surface area contributed by atoms with E-state index in [4.69, 9.17) is 14.2 Å². The van der Waals surface area contributed by atoms with Gasteiger partial charge in [0.05, 0.1) is 26.2 Å². The number of halogens is 1. The first-order valence-corrected chi connectivity index (χ1v) is 10.7. The van der Waals surface area contributed by atoms with Crippen LogP contribution in [0.4, 0.5) is 10.1 Å². The van der Waals surface area contributed by atoms with Gasteiger partial charge in [0, 0.05) is 5.69 Å². The van der Waals surface area contributed by atoms with Gasteiger partial charge < -0.3 is 14.2 Å². The smallest absolute Gasteiger partial charge is 0.261 e. The van der Waals surface area contributed by atoms with Crippen molar-refractivity contribution in [2.75, 3.05) is 26.1 Å². The lowest BCUT2D eigenvalue weighted by molar-refractivity contribution is 0.324. The Morgan fingerprint density at radius 1 is 0.806 bits per heavy atom. The monoisotopic (exact) mass is 443 g/mol.